The average molecular weight is 379 g/mol. The van der Waals surface area contributed by atoms with Crippen molar-refractivity contribution < 1.29 is 18.8 Å². The lowest BCUT2D eigenvalue weighted by molar-refractivity contribution is -0.385. The van der Waals surface area contributed by atoms with Crippen LogP contribution in [0.5, 0.6) is 0 Å². The second kappa shape index (κ2) is 10.1. The maximum atomic E-state index is 13.2. The van der Waals surface area contributed by atoms with Gasteiger partial charge in [-0.15, -0.1) is 0 Å². The monoisotopic (exact) mass is 379 g/mol. The number of nitro groups is 1. The van der Waals surface area contributed by atoms with Gasteiger partial charge in [-0.1, -0.05) is 13.8 Å². The Balaban J connectivity index is 1.97. The second-order valence-corrected chi connectivity index (χ2v) is 6.97. The van der Waals surface area contributed by atoms with Crippen molar-refractivity contribution in [1.82, 2.24) is 10.2 Å². The first-order valence-electron chi connectivity index (χ1n) is 9.08. The highest BCUT2D eigenvalue weighted by Gasteiger charge is 2.22. The third kappa shape index (κ3) is 6.73. The number of nitro benzene ring substituents is 1. The molecule has 0 spiro atoms. The maximum absolute atomic E-state index is 13.2. The minimum absolute atomic E-state index is 0.184. The Morgan fingerprint density at radius 3 is 2.74 bits per heavy atom. The van der Waals surface area contributed by atoms with Gasteiger partial charge in [0.05, 0.1) is 29.8 Å². The summed E-state index contributed by atoms with van der Waals surface area (Å²) in [7, 11) is 0. The summed E-state index contributed by atoms with van der Waals surface area (Å²) in [6, 6.07) is 3.47. The largest absolute Gasteiger partial charge is 0.379 e. The predicted molar refractivity (Wildman–Crippen MR) is 101 cm³/mol. The molecule has 1 aromatic carbocycles. The van der Waals surface area contributed by atoms with Gasteiger partial charge in [0.1, 0.15) is 5.82 Å². The normalized spacial score (nSPS) is 16.6. The molecule has 1 aliphatic heterocycles. The minimum Gasteiger partial charge on any atom is -0.379 e. The standard InChI is InChI=1S/C19H26FN3O4/c1-14(2)11-17(22-7-9-27-10-8-22)13-21-19(24)6-4-15-3-5-16(20)12-18(15)23(25)26/h3-6,12,14,17H,7-11,13H2,1-2H3,(H,21,24). The van der Waals surface area contributed by atoms with E-state index in [0.717, 1.165) is 31.6 Å². The van der Waals surface area contributed by atoms with Crippen LogP contribution in [0.15, 0.2) is 24.3 Å². The van der Waals surface area contributed by atoms with Crippen LogP contribution >= 0.6 is 0 Å². The summed E-state index contributed by atoms with van der Waals surface area (Å²) >= 11 is 0. The quantitative estimate of drug-likeness (QED) is 0.426. The number of carbonyl (C=O) groups excluding carboxylic acids is 1. The number of nitrogens with one attached hydrogen (secondary N) is 1. The SMILES string of the molecule is CC(C)CC(CNC(=O)C=Cc1ccc(F)cc1[N+](=O)[O-])N1CCOCC1. The van der Waals surface area contributed by atoms with Crippen LogP contribution in [0.2, 0.25) is 0 Å². The van der Waals surface area contributed by atoms with E-state index in [-0.39, 0.29) is 23.2 Å². The van der Waals surface area contributed by atoms with Crippen LogP contribution in [-0.4, -0.2) is 54.6 Å². The first kappa shape index (κ1) is 21.0. The highest BCUT2D eigenvalue weighted by Crippen LogP contribution is 2.21. The van der Waals surface area contributed by atoms with Gasteiger partial charge >= 0.3 is 0 Å². The Morgan fingerprint density at radius 2 is 2.11 bits per heavy atom. The van der Waals surface area contributed by atoms with Gasteiger partial charge < -0.3 is 10.1 Å². The molecule has 0 aromatic heterocycles. The van der Waals surface area contributed by atoms with Crippen LogP contribution in [0.3, 0.4) is 0 Å². The van der Waals surface area contributed by atoms with Crippen molar-refractivity contribution >= 4 is 17.7 Å². The Hall–Kier alpha value is -2.32. The zero-order chi connectivity index (χ0) is 19.8. The molecule has 1 atom stereocenters. The number of carbonyl (C=O) groups is 1. The molecule has 1 amide bonds. The molecule has 27 heavy (non-hydrogen) atoms. The molecule has 7 nitrogen and oxygen atoms in total. The second-order valence-electron chi connectivity index (χ2n) is 6.97. The lowest BCUT2D eigenvalue weighted by Gasteiger charge is -2.35. The molecule has 8 heteroatoms. The molecule has 1 heterocycles. The third-order valence-corrected chi connectivity index (χ3v) is 4.42. The van der Waals surface area contributed by atoms with E-state index in [9.17, 15) is 19.3 Å². The van der Waals surface area contributed by atoms with Gasteiger partial charge in [-0.25, -0.2) is 4.39 Å². The van der Waals surface area contributed by atoms with Crippen molar-refractivity contribution in [2.24, 2.45) is 5.92 Å². The first-order chi connectivity index (χ1) is 12.9. The molecule has 1 fully saturated rings. The highest BCUT2D eigenvalue weighted by molar-refractivity contribution is 5.92. The van der Waals surface area contributed by atoms with E-state index in [1.54, 1.807) is 0 Å². The van der Waals surface area contributed by atoms with Crippen LogP contribution in [0, 0.1) is 21.8 Å². The molecule has 1 saturated heterocycles. The Morgan fingerprint density at radius 1 is 1.41 bits per heavy atom. The molecule has 2 rings (SSSR count). The molecule has 1 aromatic rings. The summed E-state index contributed by atoms with van der Waals surface area (Å²) in [6.07, 6.45) is 3.53. The number of nitrogens with zero attached hydrogens (tertiary/aromatic N) is 2. The number of ether oxygens (including phenoxy) is 1. The van der Waals surface area contributed by atoms with Gasteiger partial charge in [-0.3, -0.25) is 19.8 Å². The molecule has 0 saturated carbocycles. The van der Waals surface area contributed by atoms with Gasteiger partial charge in [0, 0.05) is 31.8 Å². The number of benzene rings is 1. The number of amides is 1. The predicted octanol–water partition coefficient (Wildman–Crippen LogP) is 2.61. The lowest BCUT2D eigenvalue weighted by atomic mass is 10.0. The molecule has 0 radical (unpaired) electrons. The van der Waals surface area contributed by atoms with E-state index >= 15 is 0 Å². The number of rotatable bonds is 8. The number of hydrogen-bond donors (Lipinski definition) is 1. The van der Waals surface area contributed by atoms with Crippen LogP contribution in [-0.2, 0) is 9.53 Å². The summed E-state index contributed by atoms with van der Waals surface area (Å²) in [4.78, 5) is 24.8. The van der Waals surface area contributed by atoms with Crippen LogP contribution in [0.1, 0.15) is 25.8 Å². The number of halogens is 1. The Kier molecular flexibility index (Phi) is 7.87. The summed E-state index contributed by atoms with van der Waals surface area (Å²) in [6.45, 7) is 7.83. The topological polar surface area (TPSA) is 84.7 Å². The summed E-state index contributed by atoms with van der Waals surface area (Å²) in [5.74, 6) is -0.534. The maximum Gasteiger partial charge on any atom is 0.279 e. The van der Waals surface area contributed by atoms with E-state index in [2.05, 4.69) is 24.1 Å². The van der Waals surface area contributed by atoms with Crippen molar-refractivity contribution in [3.8, 4) is 0 Å². The van der Waals surface area contributed by atoms with Crippen LogP contribution in [0.25, 0.3) is 6.08 Å². The zero-order valence-corrected chi connectivity index (χ0v) is 15.7. The van der Waals surface area contributed by atoms with E-state index < -0.39 is 10.7 Å². The van der Waals surface area contributed by atoms with Gasteiger partial charge in [0.25, 0.3) is 5.69 Å². The zero-order valence-electron chi connectivity index (χ0n) is 15.7. The minimum atomic E-state index is -0.690. The Labute approximate surface area is 158 Å². The fourth-order valence-electron chi connectivity index (χ4n) is 3.11. The van der Waals surface area contributed by atoms with Crippen LogP contribution in [0.4, 0.5) is 10.1 Å². The lowest BCUT2D eigenvalue weighted by Crippen LogP contribution is -2.49. The van der Waals surface area contributed by atoms with Gasteiger partial charge in [0.2, 0.25) is 5.91 Å². The van der Waals surface area contributed by atoms with Gasteiger partial charge in [-0.2, -0.15) is 0 Å². The van der Waals surface area contributed by atoms with Crippen molar-refractivity contribution in [2.45, 2.75) is 26.3 Å². The van der Waals surface area contributed by atoms with E-state index in [4.69, 9.17) is 4.74 Å². The first-order valence-corrected chi connectivity index (χ1v) is 9.08. The number of morpholine rings is 1. The van der Waals surface area contributed by atoms with Crippen molar-refractivity contribution in [1.29, 1.82) is 0 Å². The molecular formula is C19H26FN3O4. The van der Waals surface area contributed by atoms with E-state index in [1.165, 1.54) is 18.2 Å². The fraction of sp³-hybridized carbons (Fsp3) is 0.526. The molecule has 1 aliphatic rings. The Bertz CT molecular complexity index is 688. The van der Waals surface area contributed by atoms with Gasteiger partial charge in [-0.05, 0) is 30.5 Å². The summed E-state index contributed by atoms with van der Waals surface area (Å²) < 4.78 is 18.6. The van der Waals surface area contributed by atoms with Crippen LogP contribution < -0.4 is 5.32 Å². The number of hydrogen-bond acceptors (Lipinski definition) is 5. The molecule has 148 valence electrons. The van der Waals surface area contributed by atoms with Gasteiger partial charge in [0.15, 0.2) is 0 Å². The molecular weight excluding hydrogens is 353 g/mol. The molecule has 0 aliphatic carbocycles. The molecule has 0 bridgehead atoms. The van der Waals surface area contributed by atoms with E-state index in [1.807, 2.05) is 0 Å². The summed E-state index contributed by atoms with van der Waals surface area (Å²) in [5, 5.41) is 13.9. The third-order valence-electron chi connectivity index (χ3n) is 4.42. The van der Waals surface area contributed by atoms with Crippen molar-refractivity contribution in [2.75, 3.05) is 32.8 Å². The highest BCUT2D eigenvalue weighted by atomic mass is 19.1. The van der Waals surface area contributed by atoms with Crippen molar-refractivity contribution in [3.63, 3.8) is 0 Å². The van der Waals surface area contributed by atoms with Crippen molar-refractivity contribution in [3.05, 3.63) is 45.8 Å². The smallest absolute Gasteiger partial charge is 0.279 e. The fourth-order valence-corrected chi connectivity index (χ4v) is 3.11. The molecule has 1 N–H and O–H groups in total. The summed E-state index contributed by atoms with van der Waals surface area (Å²) in [5.41, 5.74) is -0.187. The average Bonchev–Trinajstić information content (AvgIpc) is 2.64. The van der Waals surface area contributed by atoms with E-state index in [0.29, 0.717) is 25.7 Å². The molecule has 1 unspecified atom stereocenters.